The molecule has 0 aliphatic heterocycles. The Bertz CT molecular complexity index is 638. The molecule has 0 spiro atoms. The van der Waals surface area contributed by atoms with Crippen LogP contribution in [0.3, 0.4) is 0 Å². The minimum absolute atomic E-state index is 0.821. The van der Waals surface area contributed by atoms with E-state index in [1.165, 1.54) is 5.56 Å². The van der Waals surface area contributed by atoms with Crippen molar-refractivity contribution in [2.24, 2.45) is 0 Å². The smallest absolute Gasteiger partial charge is 0.157 e. The van der Waals surface area contributed by atoms with Gasteiger partial charge in [0.15, 0.2) is 5.82 Å². The number of benzene rings is 1. The maximum atomic E-state index is 4.62. The van der Waals surface area contributed by atoms with E-state index in [1.54, 1.807) is 6.20 Å². The van der Waals surface area contributed by atoms with Gasteiger partial charge < -0.3 is 9.97 Å². The van der Waals surface area contributed by atoms with Crippen molar-refractivity contribution < 1.29 is 0 Å². The van der Waals surface area contributed by atoms with Crippen LogP contribution in [0.1, 0.15) is 24.0 Å². The minimum Gasteiger partial charge on any atom is -0.345 e. The summed E-state index contributed by atoms with van der Waals surface area (Å²) in [6.07, 6.45) is 5.30. The highest BCUT2D eigenvalue weighted by Crippen LogP contribution is 2.20. The van der Waals surface area contributed by atoms with Gasteiger partial charge in [-0.2, -0.15) is 0 Å². The van der Waals surface area contributed by atoms with Crippen LogP contribution in [0.2, 0.25) is 0 Å². The summed E-state index contributed by atoms with van der Waals surface area (Å²) in [7, 11) is 0. The number of aromatic amines is 2. The highest BCUT2D eigenvalue weighted by atomic mass is 15.0. The molecule has 19 heavy (non-hydrogen) atoms. The van der Waals surface area contributed by atoms with Gasteiger partial charge in [-0.3, -0.25) is 0 Å². The van der Waals surface area contributed by atoms with Gasteiger partial charge in [0.2, 0.25) is 0 Å². The zero-order valence-electron chi connectivity index (χ0n) is 10.9. The number of imidazole rings is 2. The monoisotopic (exact) mass is 252 g/mol. The molecule has 3 aromatic rings. The summed E-state index contributed by atoms with van der Waals surface area (Å²) in [5, 5.41) is 0. The third-order valence-electron chi connectivity index (χ3n) is 3.11. The van der Waals surface area contributed by atoms with E-state index in [2.05, 4.69) is 51.1 Å². The van der Waals surface area contributed by atoms with Crippen LogP contribution >= 0.6 is 0 Å². The number of H-pyrrole nitrogens is 2. The van der Waals surface area contributed by atoms with Gasteiger partial charge in [-0.1, -0.05) is 37.3 Å². The van der Waals surface area contributed by atoms with Crippen LogP contribution in [0.25, 0.3) is 11.5 Å². The predicted octanol–water partition coefficient (Wildman–Crippen LogP) is 2.95. The van der Waals surface area contributed by atoms with Gasteiger partial charge in [-0.05, 0) is 5.56 Å². The molecule has 0 bridgehead atoms. The van der Waals surface area contributed by atoms with Gasteiger partial charge in [0.05, 0.1) is 5.69 Å². The maximum absolute atomic E-state index is 4.62. The van der Waals surface area contributed by atoms with Crippen LogP contribution in [-0.2, 0) is 12.8 Å². The lowest BCUT2D eigenvalue weighted by Gasteiger charge is -2.01. The fourth-order valence-electron chi connectivity index (χ4n) is 2.15. The van der Waals surface area contributed by atoms with Crippen LogP contribution < -0.4 is 0 Å². The molecule has 3 rings (SSSR count). The first kappa shape index (κ1) is 11.7. The van der Waals surface area contributed by atoms with Crippen LogP contribution in [-0.4, -0.2) is 19.9 Å². The van der Waals surface area contributed by atoms with Crippen molar-refractivity contribution in [2.75, 3.05) is 0 Å². The number of aromatic nitrogens is 4. The van der Waals surface area contributed by atoms with E-state index in [4.69, 9.17) is 0 Å². The van der Waals surface area contributed by atoms with Gasteiger partial charge in [0.25, 0.3) is 0 Å². The van der Waals surface area contributed by atoms with Crippen molar-refractivity contribution in [3.8, 4) is 11.5 Å². The third kappa shape index (κ3) is 2.42. The quantitative estimate of drug-likeness (QED) is 0.750. The molecule has 2 heterocycles. The molecule has 1 aromatic carbocycles. The van der Waals surface area contributed by atoms with Crippen LogP contribution in [0.4, 0.5) is 0 Å². The Morgan fingerprint density at radius 1 is 1.16 bits per heavy atom. The SMILES string of the molecule is CCc1nc(-c2ncc[nH]2)c(Cc2ccccc2)[nH]1. The molecule has 2 aromatic heterocycles. The zero-order chi connectivity index (χ0) is 13.1. The lowest BCUT2D eigenvalue weighted by Crippen LogP contribution is -1.92. The second-order valence-electron chi connectivity index (χ2n) is 4.46. The van der Waals surface area contributed by atoms with Gasteiger partial charge in [0, 0.05) is 25.2 Å². The fourth-order valence-corrected chi connectivity index (χ4v) is 2.15. The lowest BCUT2D eigenvalue weighted by atomic mass is 10.1. The molecule has 0 unspecified atom stereocenters. The van der Waals surface area contributed by atoms with E-state index in [-0.39, 0.29) is 0 Å². The average Bonchev–Trinajstić information content (AvgIpc) is 3.08. The van der Waals surface area contributed by atoms with E-state index < -0.39 is 0 Å². The second kappa shape index (κ2) is 5.10. The lowest BCUT2D eigenvalue weighted by molar-refractivity contribution is 0.970. The molecule has 0 fully saturated rings. The van der Waals surface area contributed by atoms with Crippen LogP contribution in [0, 0.1) is 0 Å². The molecule has 0 aliphatic rings. The zero-order valence-corrected chi connectivity index (χ0v) is 10.9. The molecule has 4 heteroatoms. The van der Waals surface area contributed by atoms with Crippen LogP contribution in [0.15, 0.2) is 42.7 Å². The summed E-state index contributed by atoms with van der Waals surface area (Å²) in [5.41, 5.74) is 3.30. The number of hydrogen-bond acceptors (Lipinski definition) is 2. The first-order chi connectivity index (χ1) is 9.36. The van der Waals surface area contributed by atoms with Crippen molar-refractivity contribution in [3.05, 3.63) is 59.8 Å². The predicted molar refractivity (Wildman–Crippen MR) is 74.8 cm³/mol. The van der Waals surface area contributed by atoms with Crippen molar-refractivity contribution in [1.29, 1.82) is 0 Å². The van der Waals surface area contributed by atoms with Gasteiger partial charge in [-0.25, -0.2) is 9.97 Å². The Hall–Kier alpha value is -2.36. The van der Waals surface area contributed by atoms with Gasteiger partial charge in [0.1, 0.15) is 11.5 Å². The highest BCUT2D eigenvalue weighted by molar-refractivity contribution is 5.54. The Kier molecular flexibility index (Phi) is 3.14. The normalized spacial score (nSPS) is 10.8. The number of hydrogen-bond donors (Lipinski definition) is 2. The third-order valence-corrected chi connectivity index (χ3v) is 3.11. The summed E-state index contributed by atoms with van der Waals surface area (Å²) in [4.78, 5) is 15.4. The molecular weight excluding hydrogens is 236 g/mol. The molecule has 0 saturated carbocycles. The Morgan fingerprint density at radius 3 is 2.68 bits per heavy atom. The fraction of sp³-hybridized carbons (Fsp3) is 0.200. The minimum atomic E-state index is 0.821. The molecular formula is C15H16N4. The van der Waals surface area contributed by atoms with Gasteiger partial charge >= 0.3 is 0 Å². The second-order valence-corrected chi connectivity index (χ2v) is 4.46. The number of aryl methyl sites for hydroxylation is 1. The van der Waals surface area contributed by atoms with Crippen molar-refractivity contribution in [3.63, 3.8) is 0 Å². The maximum Gasteiger partial charge on any atom is 0.157 e. The molecule has 0 aliphatic carbocycles. The van der Waals surface area contributed by atoms with E-state index in [0.717, 1.165) is 35.9 Å². The first-order valence-electron chi connectivity index (χ1n) is 6.48. The van der Waals surface area contributed by atoms with E-state index >= 15 is 0 Å². The molecule has 0 atom stereocenters. The van der Waals surface area contributed by atoms with Gasteiger partial charge in [-0.15, -0.1) is 0 Å². The largest absolute Gasteiger partial charge is 0.345 e. The number of nitrogens with one attached hydrogen (secondary N) is 2. The molecule has 0 saturated heterocycles. The summed E-state index contributed by atoms with van der Waals surface area (Å²) >= 11 is 0. The number of rotatable bonds is 4. The molecule has 4 nitrogen and oxygen atoms in total. The van der Waals surface area contributed by atoms with E-state index in [1.807, 2.05) is 12.3 Å². The Morgan fingerprint density at radius 2 is 2.00 bits per heavy atom. The van der Waals surface area contributed by atoms with Crippen molar-refractivity contribution in [1.82, 2.24) is 19.9 Å². The molecule has 96 valence electrons. The average molecular weight is 252 g/mol. The molecule has 2 N–H and O–H groups in total. The van der Waals surface area contributed by atoms with E-state index in [0.29, 0.717) is 0 Å². The number of nitrogens with zero attached hydrogens (tertiary/aromatic N) is 2. The first-order valence-corrected chi connectivity index (χ1v) is 6.48. The standard InChI is InChI=1S/C15H16N4/c1-2-13-18-12(10-11-6-4-3-5-7-11)14(19-13)15-16-8-9-17-15/h3-9H,2,10H2,1H3,(H,16,17)(H,18,19). The summed E-state index contributed by atoms with van der Waals surface area (Å²) in [5.74, 6) is 1.82. The van der Waals surface area contributed by atoms with Crippen molar-refractivity contribution >= 4 is 0 Å². The van der Waals surface area contributed by atoms with Crippen molar-refractivity contribution in [2.45, 2.75) is 19.8 Å². The topological polar surface area (TPSA) is 57.4 Å². The van der Waals surface area contributed by atoms with E-state index in [9.17, 15) is 0 Å². The van der Waals surface area contributed by atoms with Crippen LogP contribution in [0.5, 0.6) is 0 Å². The highest BCUT2D eigenvalue weighted by Gasteiger charge is 2.13. The Balaban J connectivity index is 1.98. The summed E-state index contributed by atoms with van der Waals surface area (Å²) in [6.45, 7) is 2.09. The summed E-state index contributed by atoms with van der Waals surface area (Å²) < 4.78 is 0. The summed E-state index contributed by atoms with van der Waals surface area (Å²) in [6, 6.07) is 10.4. The molecule has 0 amide bonds. The molecule has 0 radical (unpaired) electrons. The Labute approximate surface area is 111 Å².